The zero-order valence-electron chi connectivity index (χ0n) is 32.5. The molecule has 0 bridgehead atoms. The lowest BCUT2D eigenvalue weighted by Crippen LogP contribution is -2.30. The first-order valence-corrected chi connectivity index (χ1v) is 20.0. The second kappa shape index (κ2) is 17.8. The molecule has 0 saturated carbocycles. The molecule has 14 nitrogen and oxygen atoms in total. The third-order valence-electron chi connectivity index (χ3n) is 8.80. The molecule has 0 aliphatic carbocycles. The largest absolute Gasteiger partial charge is 0.497 e. The first-order chi connectivity index (χ1) is 24.2. The van der Waals surface area contributed by atoms with Gasteiger partial charge in [-0.05, 0) is 105 Å². The van der Waals surface area contributed by atoms with Gasteiger partial charge in [-0.15, -0.1) is 0 Å². The van der Waals surface area contributed by atoms with Crippen LogP contribution < -0.4 is 14.6 Å². The summed E-state index contributed by atoms with van der Waals surface area (Å²) in [6.07, 6.45) is 0. The van der Waals surface area contributed by atoms with Crippen molar-refractivity contribution in [1.82, 2.24) is 33.7 Å². The second-order valence-corrected chi connectivity index (χ2v) is 17.1. The first kappa shape index (κ1) is 42.6. The quantitative estimate of drug-likeness (QED) is 0.170. The van der Waals surface area contributed by atoms with E-state index in [1.807, 2.05) is 128 Å². The summed E-state index contributed by atoms with van der Waals surface area (Å²) >= 11 is 0. The molecule has 2 unspecified atom stereocenters. The van der Waals surface area contributed by atoms with Crippen LogP contribution in [0.3, 0.4) is 0 Å². The van der Waals surface area contributed by atoms with Crippen LogP contribution in [0.15, 0.2) is 70.7 Å². The molecule has 0 spiro atoms. The number of nitrogens with two attached hydrogens (primary N) is 1. The van der Waals surface area contributed by atoms with Crippen molar-refractivity contribution < 1.29 is 26.3 Å². The predicted molar refractivity (Wildman–Crippen MR) is 203 cm³/mol. The molecule has 0 aliphatic heterocycles. The summed E-state index contributed by atoms with van der Waals surface area (Å²) in [5, 5.41) is 13.7. The molecule has 2 atom stereocenters. The first-order valence-electron chi connectivity index (χ1n) is 17.0. The van der Waals surface area contributed by atoms with Crippen molar-refractivity contribution in [2.45, 2.75) is 88.9 Å². The molecule has 4 rings (SSSR count). The van der Waals surface area contributed by atoms with E-state index in [9.17, 15) is 16.8 Å². The van der Waals surface area contributed by atoms with Gasteiger partial charge in [0.1, 0.15) is 11.5 Å². The lowest BCUT2D eigenvalue weighted by Gasteiger charge is -2.22. The van der Waals surface area contributed by atoms with E-state index in [2.05, 4.69) is 10.2 Å². The second-order valence-electron chi connectivity index (χ2n) is 13.7. The van der Waals surface area contributed by atoms with Gasteiger partial charge in [-0.3, -0.25) is 9.36 Å². The fourth-order valence-electron chi connectivity index (χ4n) is 5.24. The van der Waals surface area contributed by atoms with Crippen LogP contribution >= 0.6 is 0 Å². The molecule has 2 N–H and O–H groups in total. The van der Waals surface area contributed by atoms with E-state index in [-0.39, 0.29) is 47.3 Å². The number of sulfonamides is 2. The molecule has 0 saturated heterocycles. The maximum atomic E-state index is 14.0. The lowest BCUT2D eigenvalue weighted by molar-refractivity contribution is 0.298. The Bertz CT molecular complexity index is 1900. The van der Waals surface area contributed by atoms with Crippen LogP contribution in [-0.2, 0) is 33.1 Å². The van der Waals surface area contributed by atoms with E-state index in [1.165, 1.54) is 4.31 Å². The minimum absolute atomic E-state index is 0.00507. The maximum Gasteiger partial charge on any atom is 0.263 e. The van der Waals surface area contributed by atoms with Crippen molar-refractivity contribution >= 4 is 20.0 Å². The Morgan fingerprint density at radius 1 is 0.635 bits per heavy atom. The van der Waals surface area contributed by atoms with E-state index in [0.717, 1.165) is 34.0 Å². The topological polar surface area (TPSA) is 158 Å². The van der Waals surface area contributed by atoms with Crippen LogP contribution in [-0.4, -0.2) is 92.9 Å². The number of aromatic nitrogens is 4. The van der Waals surface area contributed by atoms with Crippen LogP contribution in [0.4, 0.5) is 0 Å². The average Bonchev–Trinajstić information content (AvgIpc) is 3.75. The number of rotatable bonds is 15. The Hall–Kier alpha value is -3.80. The average molecular weight is 761 g/mol. The molecule has 0 amide bonds. The van der Waals surface area contributed by atoms with Crippen LogP contribution in [0.2, 0.25) is 0 Å². The van der Waals surface area contributed by atoms with E-state index in [0.29, 0.717) is 0 Å². The van der Waals surface area contributed by atoms with Crippen molar-refractivity contribution in [2.24, 2.45) is 5.14 Å². The number of nitrogens with zero attached hydrogens (tertiary/aromatic N) is 7. The van der Waals surface area contributed by atoms with Gasteiger partial charge >= 0.3 is 0 Å². The Balaban J connectivity index is 0.000000359. The van der Waals surface area contributed by atoms with Gasteiger partial charge in [-0.25, -0.2) is 22.0 Å². The number of hydrogen-bond donors (Lipinski definition) is 1. The van der Waals surface area contributed by atoms with E-state index in [1.54, 1.807) is 35.7 Å². The van der Waals surface area contributed by atoms with Gasteiger partial charge in [0.15, 0.2) is 10.1 Å². The van der Waals surface area contributed by atoms with Crippen molar-refractivity contribution in [3.05, 3.63) is 83.2 Å². The minimum atomic E-state index is -3.90. The maximum absolute atomic E-state index is 14.0. The Kier molecular flexibility index (Phi) is 14.6. The van der Waals surface area contributed by atoms with E-state index in [4.69, 9.17) is 14.6 Å². The number of primary sulfonamides is 1. The van der Waals surface area contributed by atoms with Gasteiger partial charge in [0, 0.05) is 49.4 Å². The molecular formula is C36H56N8O6S2. The zero-order chi connectivity index (χ0) is 39.1. The lowest BCUT2D eigenvalue weighted by atomic mass is 10.2. The van der Waals surface area contributed by atoms with Gasteiger partial charge < -0.3 is 19.3 Å². The molecule has 52 heavy (non-hydrogen) atoms. The fraction of sp³-hybridized carbons (Fsp3) is 0.500. The van der Waals surface area contributed by atoms with E-state index < -0.39 is 20.0 Å². The zero-order valence-corrected chi connectivity index (χ0v) is 34.1. The molecule has 16 heteroatoms. The van der Waals surface area contributed by atoms with Gasteiger partial charge in [0.2, 0.25) is 0 Å². The van der Waals surface area contributed by atoms with Gasteiger partial charge in [-0.1, -0.05) is 24.3 Å². The fourth-order valence-corrected chi connectivity index (χ4v) is 7.09. The van der Waals surface area contributed by atoms with Crippen molar-refractivity contribution in [1.29, 1.82) is 0 Å². The number of benzene rings is 2. The monoisotopic (exact) mass is 760 g/mol. The molecule has 4 aromatic rings. The summed E-state index contributed by atoms with van der Waals surface area (Å²) in [6, 6.07) is 18.3. The number of ether oxygens (including phenoxy) is 2. The van der Waals surface area contributed by atoms with Crippen LogP contribution in [0.25, 0.3) is 0 Å². The summed E-state index contributed by atoms with van der Waals surface area (Å²) in [5.74, 6) is 1.44. The van der Waals surface area contributed by atoms with Gasteiger partial charge in [0.05, 0.1) is 25.6 Å². The number of methoxy groups -OCH3 is 2. The summed E-state index contributed by atoms with van der Waals surface area (Å²) in [6.45, 7) is 12.3. The molecule has 2 heterocycles. The third-order valence-corrected chi connectivity index (χ3v) is 11.2. The molecule has 288 valence electrons. The molecule has 0 fully saturated rings. The summed E-state index contributed by atoms with van der Waals surface area (Å²) in [5.41, 5.74) is 3.41. The van der Waals surface area contributed by atoms with Crippen LogP contribution in [0.1, 0.15) is 88.2 Å². The van der Waals surface area contributed by atoms with Crippen LogP contribution in [0, 0.1) is 0 Å². The van der Waals surface area contributed by atoms with Gasteiger partial charge in [-0.2, -0.15) is 14.5 Å². The molecule has 0 aliphatic rings. The highest BCUT2D eigenvalue weighted by molar-refractivity contribution is 7.89. The highest BCUT2D eigenvalue weighted by atomic mass is 32.2. The van der Waals surface area contributed by atoms with Crippen molar-refractivity contribution in [2.75, 3.05) is 42.4 Å². The Morgan fingerprint density at radius 3 is 1.29 bits per heavy atom. The highest BCUT2D eigenvalue weighted by Gasteiger charge is 2.31. The van der Waals surface area contributed by atoms with Crippen molar-refractivity contribution in [3.63, 3.8) is 0 Å². The SMILES string of the molecule is CC(c1cc(S(N)(=O)=O)nn1C(C)C)N(C)C.COc1ccc(CN(Cc2ccc(OC)cc2)S(=O)(=O)c2cc(C(C)N(C)C)n(C(C)C)n2)cc1. The van der Waals surface area contributed by atoms with Crippen LogP contribution in [0.5, 0.6) is 11.5 Å². The summed E-state index contributed by atoms with van der Waals surface area (Å²) in [7, 11) is 3.35. The van der Waals surface area contributed by atoms with Crippen molar-refractivity contribution in [3.8, 4) is 11.5 Å². The molecule has 0 radical (unpaired) electrons. The summed E-state index contributed by atoms with van der Waals surface area (Å²) in [4.78, 5) is 4.03. The molecular weight excluding hydrogens is 705 g/mol. The number of hydrogen-bond acceptors (Lipinski definition) is 10. The Labute approximate surface area is 310 Å². The third kappa shape index (κ3) is 10.6. The molecule has 2 aromatic carbocycles. The standard InChI is InChI=1S/C26H36N4O4S.C10H20N4O2S/c1-19(2)30-25(20(3)28(4)5)16-26(27-30)35(31,32)29(17-21-8-12-23(33-6)13-9-21)18-22-10-14-24(34-7)15-11-22;1-7(2)14-9(8(3)13(4)5)6-10(12-14)17(11,15)16/h8-16,19-20H,17-18H2,1-7H3;6-8H,1-5H3,(H2,11,15,16). The molecule has 2 aromatic heterocycles. The highest BCUT2D eigenvalue weighted by Crippen LogP contribution is 2.28. The summed E-state index contributed by atoms with van der Waals surface area (Å²) < 4.78 is 66.0. The normalized spacial score (nSPS) is 13.5. The van der Waals surface area contributed by atoms with E-state index >= 15 is 0 Å². The predicted octanol–water partition coefficient (Wildman–Crippen LogP) is 5.23. The smallest absolute Gasteiger partial charge is 0.263 e. The minimum Gasteiger partial charge on any atom is -0.497 e. The Morgan fingerprint density at radius 2 is 0.981 bits per heavy atom. The van der Waals surface area contributed by atoms with Gasteiger partial charge in [0.25, 0.3) is 20.0 Å².